The number of unbranched alkanes of at least 4 members (excludes halogenated alkanes) is 2. The largest absolute Gasteiger partial charge is 0.356 e. The zero-order chi connectivity index (χ0) is 9.23. The molecule has 1 amide bonds. The van der Waals surface area contributed by atoms with Crippen LogP contribution in [0.15, 0.2) is 0 Å². The number of hydrogen-bond acceptors (Lipinski definition) is 1. The number of carbonyl (C=O) groups excluding carboxylic acids is 1. The fraction of sp³-hybridized carbons (Fsp3) is 0.889. The molecule has 72 valence electrons. The van der Waals surface area contributed by atoms with E-state index in [4.69, 9.17) is 11.6 Å². The second-order valence-electron chi connectivity index (χ2n) is 2.85. The van der Waals surface area contributed by atoms with Crippen LogP contribution in [-0.2, 0) is 4.79 Å². The second-order valence-corrected chi connectivity index (χ2v) is 3.23. The number of nitrogens with one attached hydrogen (secondary N) is 1. The fourth-order valence-corrected chi connectivity index (χ4v) is 1.06. The summed E-state index contributed by atoms with van der Waals surface area (Å²) in [5, 5.41) is 2.85. The van der Waals surface area contributed by atoms with Gasteiger partial charge < -0.3 is 5.32 Å². The Kier molecular flexibility index (Phi) is 8.68. The van der Waals surface area contributed by atoms with Gasteiger partial charge in [0.1, 0.15) is 0 Å². The van der Waals surface area contributed by atoms with E-state index in [1.807, 2.05) is 0 Å². The third-order valence-electron chi connectivity index (χ3n) is 1.64. The van der Waals surface area contributed by atoms with Gasteiger partial charge >= 0.3 is 0 Å². The molecule has 0 aromatic heterocycles. The van der Waals surface area contributed by atoms with Crippen LogP contribution < -0.4 is 5.32 Å². The quantitative estimate of drug-likeness (QED) is 0.486. The van der Waals surface area contributed by atoms with E-state index in [0.717, 1.165) is 32.2 Å². The zero-order valence-corrected chi connectivity index (χ0v) is 8.49. The molecule has 1 N–H and O–H groups in total. The Hall–Kier alpha value is -0.240. The lowest BCUT2D eigenvalue weighted by molar-refractivity contribution is -0.121. The van der Waals surface area contributed by atoms with E-state index in [1.54, 1.807) is 0 Å². The van der Waals surface area contributed by atoms with E-state index in [1.165, 1.54) is 0 Å². The average Bonchev–Trinajstić information content (AvgIpc) is 2.09. The van der Waals surface area contributed by atoms with Gasteiger partial charge in [-0.25, -0.2) is 0 Å². The summed E-state index contributed by atoms with van der Waals surface area (Å²) in [4.78, 5) is 11.0. The van der Waals surface area contributed by atoms with Gasteiger partial charge in [0.15, 0.2) is 0 Å². The SMILES string of the molecule is CCCCC(=O)NCCCCCl. The van der Waals surface area contributed by atoms with Gasteiger partial charge in [0.2, 0.25) is 5.91 Å². The van der Waals surface area contributed by atoms with Crippen molar-refractivity contribution in [1.29, 1.82) is 0 Å². The van der Waals surface area contributed by atoms with Crippen LogP contribution >= 0.6 is 11.6 Å². The van der Waals surface area contributed by atoms with Crippen LogP contribution in [0.3, 0.4) is 0 Å². The molecule has 0 rings (SSSR count). The van der Waals surface area contributed by atoms with E-state index in [0.29, 0.717) is 12.3 Å². The molecule has 0 atom stereocenters. The summed E-state index contributed by atoms with van der Waals surface area (Å²) in [6.07, 6.45) is 4.70. The minimum Gasteiger partial charge on any atom is -0.356 e. The highest BCUT2D eigenvalue weighted by Crippen LogP contribution is 1.94. The van der Waals surface area contributed by atoms with Gasteiger partial charge in [0, 0.05) is 18.8 Å². The molecule has 0 aliphatic heterocycles. The van der Waals surface area contributed by atoms with Crippen LogP contribution in [0.1, 0.15) is 39.0 Å². The lowest BCUT2D eigenvalue weighted by Crippen LogP contribution is -2.23. The molecule has 0 spiro atoms. The average molecular weight is 192 g/mol. The highest BCUT2D eigenvalue weighted by atomic mass is 35.5. The third-order valence-corrected chi connectivity index (χ3v) is 1.91. The van der Waals surface area contributed by atoms with E-state index in [-0.39, 0.29) is 5.91 Å². The Bertz CT molecular complexity index is 117. The standard InChI is InChI=1S/C9H18ClNO/c1-2-3-6-9(12)11-8-5-4-7-10/h2-8H2,1H3,(H,11,12). The van der Waals surface area contributed by atoms with Gasteiger partial charge in [-0.05, 0) is 19.3 Å². The monoisotopic (exact) mass is 191 g/mol. The Morgan fingerprint density at radius 1 is 1.33 bits per heavy atom. The van der Waals surface area contributed by atoms with E-state index >= 15 is 0 Å². The highest BCUT2D eigenvalue weighted by Gasteiger charge is 1.97. The fourth-order valence-electron chi connectivity index (χ4n) is 0.873. The Balaban J connectivity index is 3.08. The first-order valence-corrected chi connectivity index (χ1v) is 5.17. The summed E-state index contributed by atoms with van der Waals surface area (Å²) in [6.45, 7) is 2.86. The molecule has 2 nitrogen and oxygen atoms in total. The molecule has 0 saturated carbocycles. The molecule has 0 aromatic rings. The van der Waals surface area contributed by atoms with Crippen molar-refractivity contribution in [3.8, 4) is 0 Å². The van der Waals surface area contributed by atoms with Gasteiger partial charge in [-0.3, -0.25) is 4.79 Å². The van der Waals surface area contributed by atoms with Crippen LogP contribution in [0.4, 0.5) is 0 Å². The van der Waals surface area contributed by atoms with E-state index in [2.05, 4.69) is 12.2 Å². The van der Waals surface area contributed by atoms with Crippen molar-refractivity contribution in [2.24, 2.45) is 0 Å². The first-order chi connectivity index (χ1) is 5.81. The van der Waals surface area contributed by atoms with Crippen LogP contribution in [0.25, 0.3) is 0 Å². The van der Waals surface area contributed by atoms with Crippen molar-refractivity contribution in [3.63, 3.8) is 0 Å². The molecule has 12 heavy (non-hydrogen) atoms. The second kappa shape index (κ2) is 8.85. The predicted octanol–water partition coefficient (Wildman–Crippen LogP) is 2.31. The van der Waals surface area contributed by atoms with Crippen molar-refractivity contribution >= 4 is 17.5 Å². The van der Waals surface area contributed by atoms with Crippen molar-refractivity contribution in [3.05, 3.63) is 0 Å². The normalized spacial score (nSPS) is 9.83. The van der Waals surface area contributed by atoms with Gasteiger partial charge in [-0.1, -0.05) is 13.3 Å². The molecular weight excluding hydrogens is 174 g/mol. The molecule has 0 bridgehead atoms. The summed E-state index contributed by atoms with van der Waals surface area (Å²) < 4.78 is 0. The number of hydrogen-bond donors (Lipinski definition) is 1. The lowest BCUT2D eigenvalue weighted by Gasteiger charge is -2.02. The van der Waals surface area contributed by atoms with Gasteiger partial charge in [-0.2, -0.15) is 0 Å². The van der Waals surface area contributed by atoms with E-state index in [9.17, 15) is 4.79 Å². The van der Waals surface area contributed by atoms with Gasteiger partial charge in [0.25, 0.3) is 0 Å². The van der Waals surface area contributed by atoms with E-state index < -0.39 is 0 Å². The summed E-state index contributed by atoms with van der Waals surface area (Å²) in [6, 6.07) is 0. The number of amides is 1. The molecule has 0 radical (unpaired) electrons. The maximum Gasteiger partial charge on any atom is 0.219 e. The minimum atomic E-state index is 0.173. The first-order valence-electron chi connectivity index (χ1n) is 4.64. The number of alkyl halides is 1. The number of rotatable bonds is 7. The molecule has 0 unspecified atom stereocenters. The Morgan fingerprint density at radius 2 is 2.08 bits per heavy atom. The topological polar surface area (TPSA) is 29.1 Å². The van der Waals surface area contributed by atoms with Crippen molar-refractivity contribution in [2.75, 3.05) is 12.4 Å². The molecular formula is C9H18ClNO. The van der Waals surface area contributed by atoms with Crippen LogP contribution in [-0.4, -0.2) is 18.3 Å². The maximum absolute atomic E-state index is 11.0. The minimum absolute atomic E-state index is 0.173. The van der Waals surface area contributed by atoms with Crippen LogP contribution in [0.2, 0.25) is 0 Å². The molecule has 0 fully saturated rings. The molecule has 0 heterocycles. The zero-order valence-electron chi connectivity index (χ0n) is 7.74. The smallest absolute Gasteiger partial charge is 0.219 e. The number of halogens is 1. The predicted molar refractivity (Wildman–Crippen MR) is 52.5 cm³/mol. The lowest BCUT2D eigenvalue weighted by atomic mass is 10.2. The van der Waals surface area contributed by atoms with Crippen LogP contribution in [0, 0.1) is 0 Å². The van der Waals surface area contributed by atoms with Crippen molar-refractivity contribution < 1.29 is 4.79 Å². The maximum atomic E-state index is 11.0. The van der Waals surface area contributed by atoms with Gasteiger partial charge in [-0.15, -0.1) is 11.6 Å². The summed E-state index contributed by atoms with van der Waals surface area (Å²) >= 11 is 5.49. The molecule has 0 aliphatic rings. The molecule has 0 aliphatic carbocycles. The Labute approximate surface area is 79.7 Å². The van der Waals surface area contributed by atoms with Crippen LogP contribution in [0.5, 0.6) is 0 Å². The Morgan fingerprint density at radius 3 is 2.67 bits per heavy atom. The summed E-state index contributed by atoms with van der Waals surface area (Å²) in [5.41, 5.74) is 0. The summed E-state index contributed by atoms with van der Waals surface area (Å²) in [7, 11) is 0. The van der Waals surface area contributed by atoms with Crippen molar-refractivity contribution in [2.45, 2.75) is 39.0 Å². The van der Waals surface area contributed by atoms with Crippen molar-refractivity contribution in [1.82, 2.24) is 5.32 Å². The number of carbonyl (C=O) groups is 1. The summed E-state index contributed by atoms with van der Waals surface area (Å²) in [5.74, 6) is 0.858. The molecule has 3 heteroatoms. The third kappa shape index (κ3) is 7.86. The van der Waals surface area contributed by atoms with Gasteiger partial charge in [0.05, 0.1) is 0 Å². The highest BCUT2D eigenvalue weighted by molar-refractivity contribution is 6.17. The first kappa shape index (κ1) is 11.8. The molecule has 0 aromatic carbocycles. The molecule has 0 saturated heterocycles.